The third kappa shape index (κ3) is 6.04. The van der Waals surface area contributed by atoms with Crippen molar-refractivity contribution < 1.29 is 19.2 Å². The first-order chi connectivity index (χ1) is 20.2. The highest BCUT2D eigenvalue weighted by Crippen LogP contribution is 2.31. The Kier molecular flexibility index (Phi) is 8.36. The molecule has 4 aromatic carbocycles. The largest absolute Gasteiger partial charge is 0.378 e. The van der Waals surface area contributed by atoms with E-state index in [0.717, 1.165) is 11.3 Å². The molecule has 1 aliphatic rings. The number of Topliss-reactive ketones (excluding diaryl/α,β-unsaturated/α-hetero) is 1. The second-order valence-electron chi connectivity index (χ2n) is 10.1. The molecule has 0 saturated heterocycles. The molecule has 5 rings (SSSR count). The van der Waals surface area contributed by atoms with E-state index >= 15 is 0 Å². The van der Waals surface area contributed by atoms with Gasteiger partial charge in [0, 0.05) is 37.0 Å². The average molecular weight is 581 g/mol. The normalized spacial score (nSPS) is 13.0. The lowest BCUT2D eigenvalue weighted by atomic mass is 10.0. The Morgan fingerprint density at radius 2 is 1.48 bits per heavy atom. The van der Waals surface area contributed by atoms with Gasteiger partial charge in [-0.2, -0.15) is 0 Å². The predicted molar refractivity (Wildman–Crippen MR) is 164 cm³/mol. The molecule has 0 aromatic heterocycles. The summed E-state index contributed by atoms with van der Waals surface area (Å²) in [5, 5.41) is 3.43. The third-order valence-corrected chi connectivity index (χ3v) is 7.34. The Morgan fingerprint density at radius 3 is 2.14 bits per heavy atom. The van der Waals surface area contributed by atoms with Crippen LogP contribution in [-0.2, 0) is 20.9 Å². The minimum absolute atomic E-state index is 0.0809. The number of halogens is 1. The number of anilines is 3. The second kappa shape index (κ2) is 12.3. The maximum absolute atomic E-state index is 14.1. The molecule has 0 unspecified atom stereocenters. The number of carbonyl (C=O) groups is 4. The molecule has 8 nitrogen and oxygen atoms in total. The standard InChI is InChI=1S/C33H29ClN4O4/c1-36(2)26-18-16-25(17-19-26)35-32(41)30(23-12-14-24(34)15-13-23)38(20-22-8-4-3-5-9-22)29(39)21-37-28-11-7-6-10-27(28)31(40)33(37)42/h3-19,30H,20-21H2,1-2H3,(H,35,41)/t30-/m0/s1. The molecule has 0 radical (unpaired) electrons. The number of rotatable bonds is 9. The van der Waals surface area contributed by atoms with Crippen LogP contribution in [-0.4, -0.2) is 49.0 Å². The summed E-state index contributed by atoms with van der Waals surface area (Å²) < 4.78 is 0. The Bertz CT molecular complexity index is 1620. The zero-order valence-electron chi connectivity index (χ0n) is 23.2. The maximum atomic E-state index is 14.1. The van der Waals surface area contributed by atoms with E-state index < -0.39 is 36.1 Å². The molecular formula is C33H29ClN4O4. The van der Waals surface area contributed by atoms with Gasteiger partial charge >= 0.3 is 0 Å². The van der Waals surface area contributed by atoms with Crippen LogP contribution in [0.3, 0.4) is 0 Å². The number of amides is 3. The summed E-state index contributed by atoms with van der Waals surface area (Å²) >= 11 is 6.17. The van der Waals surface area contributed by atoms with Crippen molar-refractivity contribution in [2.75, 3.05) is 35.8 Å². The minimum atomic E-state index is -1.08. The van der Waals surface area contributed by atoms with Gasteiger partial charge in [0.1, 0.15) is 12.6 Å². The zero-order valence-corrected chi connectivity index (χ0v) is 23.9. The molecule has 0 aliphatic carbocycles. The fourth-order valence-corrected chi connectivity index (χ4v) is 5.03. The summed E-state index contributed by atoms with van der Waals surface area (Å²) in [4.78, 5) is 58.2. The molecule has 0 saturated carbocycles. The number of nitrogens with one attached hydrogen (secondary N) is 1. The lowest BCUT2D eigenvalue weighted by molar-refractivity contribution is -0.139. The smallest absolute Gasteiger partial charge is 0.299 e. The van der Waals surface area contributed by atoms with E-state index in [1.165, 1.54) is 9.80 Å². The van der Waals surface area contributed by atoms with Gasteiger partial charge in [-0.1, -0.05) is 66.2 Å². The molecule has 0 fully saturated rings. The van der Waals surface area contributed by atoms with E-state index in [1.807, 2.05) is 61.5 Å². The van der Waals surface area contributed by atoms with Gasteiger partial charge < -0.3 is 15.1 Å². The molecule has 1 atom stereocenters. The van der Waals surface area contributed by atoms with Crippen molar-refractivity contribution in [3.63, 3.8) is 0 Å². The lowest BCUT2D eigenvalue weighted by Crippen LogP contribution is -2.46. The summed E-state index contributed by atoms with van der Waals surface area (Å²) in [6.07, 6.45) is 0. The molecule has 212 valence electrons. The molecule has 0 spiro atoms. The lowest BCUT2D eigenvalue weighted by Gasteiger charge is -2.33. The highest BCUT2D eigenvalue weighted by atomic mass is 35.5. The van der Waals surface area contributed by atoms with Crippen LogP contribution < -0.4 is 15.1 Å². The molecule has 1 N–H and O–H groups in total. The van der Waals surface area contributed by atoms with Gasteiger partial charge in [-0.25, -0.2) is 0 Å². The van der Waals surface area contributed by atoms with Crippen LogP contribution in [0.15, 0.2) is 103 Å². The van der Waals surface area contributed by atoms with E-state index in [2.05, 4.69) is 5.32 Å². The van der Waals surface area contributed by atoms with Crippen molar-refractivity contribution in [3.05, 3.63) is 125 Å². The summed E-state index contributed by atoms with van der Waals surface area (Å²) in [6, 6.07) is 28.8. The summed E-state index contributed by atoms with van der Waals surface area (Å²) in [5.41, 5.74) is 3.47. The van der Waals surface area contributed by atoms with Gasteiger partial charge in [-0.15, -0.1) is 0 Å². The summed E-state index contributed by atoms with van der Waals surface area (Å²) in [7, 11) is 3.85. The molecule has 1 heterocycles. The fraction of sp³-hybridized carbons (Fsp3) is 0.152. The number of ketones is 1. The first-order valence-electron chi connectivity index (χ1n) is 13.4. The highest BCUT2D eigenvalue weighted by molar-refractivity contribution is 6.52. The third-order valence-electron chi connectivity index (χ3n) is 7.09. The highest BCUT2D eigenvalue weighted by Gasteiger charge is 2.39. The number of carbonyl (C=O) groups excluding carboxylic acids is 4. The monoisotopic (exact) mass is 580 g/mol. The molecular weight excluding hydrogens is 552 g/mol. The molecule has 42 heavy (non-hydrogen) atoms. The van der Waals surface area contributed by atoms with Crippen molar-refractivity contribution in [1.82, 2.24) is 4.90 Å². The van der Waals surface area contributed by atoms with Crippen molar-refractivity contribution in [1.29, 1.82) is 0 Å². The number of para-hydroxylation sites is 1. The van der Waals surface area contributed by atoms with Crippen LogP contribution in [0.1, 0.15) is 27.5 Å². The Hall–Kier alpha value is -4.95. The van der Waals surface area contributed by atoms with Crippen LogP contribution in [0.4, 0.5) is 17.1 Å². The van der Waals surface area contributed by atoms with Crippen molar-refractivity contribution in [2.24, 2.45) is 0 Å². The minimum Gasteiger partial charge on any atom is -0.378 e. The van der Waals surface area contributed by atoms with Crippen molar-refractivity contribution >= 4 is 52.2 Å². The molecule has 3 amide bonds. The van der Waals surface area contributed by atoms with E-state index in [0.29, 0.717) is 22.0 Å². The van der Waals surface area contributed by atoms with Gasteiger partial charge in [0.2, 0.25) is 5.91 Å². The van der Waals surface area contributed by atoms with E-state index in [9.17, 15) is 19.2 Å². The van der Waals surface area contributed by atoms with Crippen LogP contribution in [0.2, 0.25) is 5.02 Å². The van der Waals surface area contributed by atoms with Gasteiger partial charge in [-0.3, -0.25) is 24.1 Å². The maximum Gasteiger partial charge on any atom is 0.299 e. The van der Waals surface area contributed by atoms with Crippen LogP contribution in [0.5, 0.6) is 0 Å². The second-order valence-corrected chi connectivity index (χ2v) is 10.6. The van der Waals surface area contributed by atoms with Crippen LogP contribution >= 0.6 is 11.6 Å². The van der Waals surface area contributed by atoms with Gasteiger partial charge in [0.25, 0.3) is 17.6 Å². The van der Waals surface area contributed by atoms with Crippen molar-refractivity contribution in [2.45, 2.75) is 12.6 Å². The SMILES string of the molecule is CN(C)c1ccc(NC(=O)[C@H](c2ccc(Cl)cc2)N(Cc2ccccc2)C(=O)CN2C(=O)C(=O)c3ccccc32)cc1. The average Bonchev–Trinajstić information content (AvgIpc) is 3.23. The number of fused-ring (bicyclic) bond motifs is 1. The van der Waals surface area contributed by atoms with Gasteiger partial charge in [-0.05, 0) is 59.7 Å². The number of hydrogen-bond acceptors (Lipinski definition) is 5. The first-order valence-corrected chi connectivity index (χ1v) is 13.7. The number of benzene rings is 4. The molecule has 1 aliphatic heterocycles. The number of nitrogens with zero attached hydrogens (tertiary/aromatic N) is 3. The molecule has 4 aromatic rings. The van der Waals surface area contributed by atoms with E-state index in [4.69, 9.17) is 11.6 Å². The topological polar surface area (TPSA) is 90.0 Å². The Morgan fingerprint density at radius 1 is 0.833 bits per heavy atom. The van der Waals surface area contributed by atoms with Crippen LogP contribution in [0, 0.1) is 0 Å². The molecule has 0 bridgehead atoms. The van der Waals surface area contributed by atoms with E-state index in [-0.39, 0.29) is 12.1 Å². The summed E-state index contributed by atoms with van der Waals surface area (Å²) in [6.45, 7) is -0.332. The van der Waals surface area contributed by atoms with Gasteiger partial charge in [0.05, 0.1) is 11.3 Å². The van der Waals surface area contributed by atoms with E-state index in [1.54, 1.807) is 60.7 Å². The Balaban J connectivity index is 1.52. The molecule has 9 heteroatoms. The summed E-state index contributed by atoms with van der Waals surface area (Å²) in [5.74, 6) is -2.39. The number of hydrogen-bond donors (Lipinski definition) is 1. The van der Waals surface area contributed by atoms with Crippen molar-refractivity contribution in [3.8, 4) is 0 Å². The van der Waals surface area contributed by atoms with Gasteiger partial charge in [0.15, 0.2) is 0 Å². The van der Waals surface area contributed by atoms with Crippen LogP contribution in [0.25, 0.3) is 0 Å². The first kappa shape index (κ1) is 28.6. The zero-order chi connectivity index (χ0) is 29.8. The quantitative estimate of drug-likeness (QED) is 0.270. The Labute approximate surface area is 249 Å². The fourth-order valence-electron chi connectivity index (χ4n) is 4.91. The predicted octanol–water partition coefficient (Wildman–Crippen LogP) is 5.34.